The number of nitrogens with one attached hydrogen (secondary N) is 1. The van der Waals surface area contributed by atoms with E-state index in [0.29, 0.717) is 34.8 Å². The van der Waals surface area contributed by atoms with Gasteiger partial charge in [0.05, 0.1) is 12.2 Å². The van der Waals surface area contributed by atoms with Gasteiger partial charge < -0.3 is 14.6 Å². The van der Waals surface area contributed by atoms with Crippen LogP contribution in [0.5, 0.6) is 5.75 Å². The molecule has 2 aromatic carbocycles. The maximum atomic E-state index is 13.1. The standard InChI is InChI=1S/C26H29N3O3S/c1-16(2)14-32-20-11-9-19(10-12-20)21-13-22(30)27-24-23(21)25(31)28-26(29(24)4)33-15-18-7-5-17(3)6-8-18/h5-12,16,21H,13-15H2,1-4H3,(H,27,30). The van der Waals surface area contributed by atoms with Gasteiger partial charge in [0.15, 0.2) is 5.16 Å². The van der Waals surface area contributed by atoms with Crippen LogP contribution in [0.3, 0.4) is 0 Å². The van der Waals surface area contributed by atoms with E-state index < -0.39 is 0 Å². The van der Waals surface area contributed by atoms with Crippen LogP contribution < -0.4 is 15.6 Å². The van der Waals surface area contributed by atoms with E-state index in [2.05, 4.69) is 55.3 Å². The number of thioether (sulfide) groups is 1. The van der Waals surface area contributed by atoms with Gasteiger partial charge in [0.25, 0.3) is 5.56 Å². The lowest BCUT2D eigenvalue weighted by Crippen LogP contribution is -2.33. The zero-order chi connectivity index (χ0) is 23.5. The summed E-state index contributed by atoms with van der Waals surface area (Å²) in [6, 6.07) is 15.9. The first-order valence-corrected chi connectivity index (χ1v) is 12.1. The van der Waals surface area contributed by atoms with Crippen LogP contribution in [-0.4, -0.2) is 22.1 Å². The second-order valence-electron chi connectivity index (χ2n) is 8.87. The molecule has 2 heterocycles. The van der Waals surface area contributed by atoms with Crippen molar-refractivity contribution < 1.29 is 9.53 Å². The van der Waals surface area contributed by atoms with Gasteiger partial charge in [-0.3, -0.25) is 9.59 Å². The van der Waals surface area contributed by atoms with E-state index in [4.69, 9.17) is 4.74 Å². The summed E-state index contributed by atoms with van der Waals surface area (Å²) in [4.78, 5) is 30.1. The quantitative estimate of drug-likeness (QED) is 0.399. The molecule has 7 heteroatoms. The minimum atomic E-state index is -0.338. The summed E-state index contributed by atoms with van der Waals surface area (Å²) in [5.74, 6) is 1.99. The molecule has 1 aromatic heterocycles. The van der Waals surface area contributed by atoms with Crippen LogP contribution in [0.15, 0.2) is 58.5 Å². The van der Waals surface area contributed by atoms with E-state index in [9.17, 15) is 9.59 Å². The number of rotatable bonds is 7. The molecule has 1 atom stereocenters. The molecular weight excluding hydrogens is 434 g/mol. The number of carbonyl (C=O) groups is 1. The predicted molar refractivity (Wildman–Crippen MR) is 132 cm³/mol. The lowest BCUT2D eigenvalue weighted by molar-refractivity contribution is -0.116. The van der Waals surface area contributed by atoms with Crippen LogP contribution in [-0.2, 0) is 17.6 Å². The summed E-state index contributed by atoms with van der Waals surface area (Å²) in [7, 11) is 1.84. The molecule has 0 saturated carbocycles. The van der Waals surface area contributed by atoms with Gasteiger partial charge in [-0.1, -0.05) is 67.6 Å². The topological polar surface area (TPSA) is 73.2 Å². The molecule has 0 fully saturated rings. The van der Waals surface area contributed by atoms with Gasteiger partial charge in [-0.05, 0) is 36.1 Å². The number of aryl methyl sites for hydroxylation is 1. The monoisotopic (exact) mass is 463 g/mol. The Balaban J connectivity index is 1.61. The predicted octanol–water partition coefficient (Wildman–Crippen LogP) is 4.89. The van der Waals surface area contributed by atoms with Gasteiger partial charge in [-0.2, -0.15) is 4.98 Å². The summed E-state index contributed by atoms with van der Waals surface area (Å²) in [5.41, 5.74) is 3.50. The van der Waals surface area contributed by atoms with Crippen LogP contribution in [0.25, 0.3) is 0 Å². The molecule has 0 saturated heterocycles. The van der Waals surface area contributed by atoms with Crippen molar-refractivity contribution in [3.05, 3.63) is 81.1 Å². The SMILES string of the molecule is Cc1ccc(CSc2nc(=O)c3c(n2C)NC(=O)CC3c2ccc(OCC(C)C)cc2)cc1. The summed E-state index contributed by atoms with van der Waals surface area (Å²) < 4.78 is 7.59. The first kappa shape index (κ1) is 23.1. The second-order valence-corrected chi connectivity index (χ2v) is 9.82. The highest BCUT2D eigenvalue weighted by Gasteiger charge is 2.32. The van der Waals surface area contributed by atoms with Gasteiger partial charge in [0, 0.05) is 25.1 Å². The normalized spacial score (nSPS) is 15.3. The first-order chi connectivity index (χ1) is 15.8. The number of aromatic nitrogens is 2. The Hall–Kier alpha value is -3.06. The van der Waals surface area contributed by atoms with Crippen LogP contribution in [0.2, 0.25) is 0 Å². The van der Waals surface area contributed by atoms with Gasteiger partial charge in [-0.15, -0.1) is 0 Å². The van der Waals surface area contributed by atoms with Crippen molar-refractivity contribution in [3.63, 3.8) is 0 Å². The Morgan fingerprint density at radius 1 is 1.12 bits per heavy atom. The summed E-state index contributed by atoms with van der Waals surface area (Å²) >= 11 is 1.48. The Labute approximate surface area is 198 Å². The molecule has 1 unspecified atom stereocenters. The second kappa shape index (κ2) is 9.83. The molecule has 1 aliphatic rings. The molecule has 1 aliphatic heterocycles. The Morgan fingerprint density at radius 2 is 1.82 bits per heavy atom. The number of carbonyl (C=O) groups excluding carboxylic acids is 1. The third-order valence-electron chi connectivity index (χ3n) is 5.66. The number of hydrogen-bond acceptors (Lipinski definition) is 5. The van der Waals surface area contributed by atoms with Crippen molar-refractivity contribution in [2.45, 2.75) is 44.0 Å². The third-order valence-corrected chi connectivity index (χ3v) is 6.76. The molecule has 0 bridgehead atoms. The minimum Gasteiger partial charge on any atom is -0.493 e. The van der Waals surface area contributed by atoms with Crippen molar-refractivity contribution >= 4 is 23.5 Å². The fourth-order valence-electron chi connectivity index (χ4n) is 3.84. The zero-order valence-corrected chi connectivity index (χ0v) is 20.2. The average Bonchev–Trinajstić information content (AvgIpc) is 2.80. The highest BCUT2D eigenvalue weighted by atomic mass is 32.2. The summed E-state index contributed by atoms with van der Waals surface area (Å²) in [6.07, 6.45) is 0.214. The Bertz CT molecular complexity index is 1200. The summed E-state index contributed by atoms with van der Waals surface area (Å²) in [5, 5.41) is 3.49. The van der Waals surface area contributed by atoms with E-state index in [-0.39, 0.29) is 23.8 Å². The number of benzene rings is 2. The molecule has 1 amide bonds. The van der Waals surface area contributed by atoms with Crippen molar-refractivity contribution in [3.8, 4) is 5.75 Å². The molecule has 0 spiro atoms. The van der Waals surface area contributed by atoms with Crippen LogP contribution in [0, 0.1) is 12.8 Å². The maximum Gasteiger partial charge on any atom is 0.279 e. The number of anilines is 1. The molecule has 6 nitrogen and oxygen atoms in total. The van der Waals surface area contributed by atoms with Gasteiger partial charge in [0.1, 0.15) is 11.6 Å². The molecule has 1 N–H and O–H groups in total. The smallest absolute Gasteiger partial charge is 0.279 e. The van der Waals surface area contributed by atoms with Gasteiger partial charge >= 0.3 is 0 Å². The van der Waals surface area contributed by atoms with Crippen molar-refractivity contribution in [2.75, 3.05) is 11.9 Å². The summed E-state index contributed by atoms with van der Waals surface area (Å²) in [6.45, 7) is 6.89. The highest BCUT2D eigenvalue weighted by molar-refractivity contribution is 7.98. The lowest BCUT2D eigenvalue weighted by atomic mass is 9.87. The van der Waals surface area contributed by atoms with Gasteiger partial charge in [-0.25, -0.2) is 0 Å². The van der Waals surface area contributed by atoms with Crippen LogP contribution >= 0.6 is 11.8 Å². The molecular formula is C26H29N3O3S. The van der Waals surface area contributed by atoms with Crippen LogP contribution in [0.1, 0.15) is 48.4 Å². The van der Waals surface area contributed by atoms with E-state index in [1.165, 1.54) is 17.3 Å². The Kier molecular flexibility index (Phi) is 6.88. The van der Waals surface area contributed by atoms with Crippen LogP contribution in [0.4, 0.5) is 5.82 Å². The van der Waals surface area contributed by atoms with Gasteiger partial charge in [0.2, 0.25) is 5.91 Å². The fourth-order valence-corrected chi connectivity index (χ4v) is 4.76. The number of amides is 1. The van der Waals surface area contributed by atoms with Crippen molar-refractivity contribution in [1.29, 1.82) is 0 Å². The first-order valence-electron chi connectivity index (χ1n) is 11.1. The number of fused-ring (bicyclic) bond motifs is 1. The van der Waals surface area contributed by atoms with E-state index in [1.54, 1.807) is 0 Å². The van der Waals surface area contributed by atoms with E-state index >= 15 is 0 Å². The average molecular weight is 464 g/mol. The van der Waals surface area contributed by atoms with E-state index in [1.807, 2.05) is 35.9 Å². The number of ether oxygens (including phenoxy) is 1. The minimum absolute atomic E-state index is 0.108. The van der Waals surface area contributed by atoms with Crippen molar-refractivity contribution in [1.82, 2.24) is 9.55 Å². The largest absolute Gasteiger partial charge is 0.493 e. The molecule has 3 aromatic rings. The third kappa shape index (κ3) is 5.30. The molecule has 33 heavy (non-hydrogen) atoms. The lowest BCUT2D eigenvalue weighted by Gasteiger charge is -2.27. The fraction of sp³-hybridized carbons (Fsp3) is 0.346. The van der Waals surface area contributed by atoms with E-state index in [0.717, 1.165) is 16.9 Å². The zero-order valence-electron chi connectivity index (χ0n) is 19.4. The molecule has 0 aliphatic carbocycles. The Morgan fingerprint density at radius 3 is 2.48 bits per heavy atom. The molecule has 172 valence electrons. The maximum absolute atomic E-state index is 13.1. The van der Waals surface area contributed by atoms with Crippen molar-refractivity contribution in [2.24, 2.45) is 13.0 Å². The molecule has 4 rings (SSSR count). The number of nitrogens with zero attached hydrogens (tertiary/aromatic N) is 2. The highest BCUT2D eigenvalue weighted by Crippen LogP contribution is 2.36. The molecule has 0 radical (unpaired) electrons. The number of hydrogen-bond donors (Lipinski definition) is 1.